The van der Waals surface area contributed by atoms with Crippen molar-refractivity contribution >= 4 is 23.5 Å². The van der Waals surface area contributed by atoms with Gasteiger partial charge in [-0.25, -0.2) is 9.80 Å². The Morgan fingerprint density at radius 1 is 1.42 bits per heavy atom. The molecule has 0 saturated heterocycles. The predicted molar refractivity (Wildman–Crippen MR) is 68.5 cm³/mol. The van der Waals surface area contributed by atoms with Gasteiger partial charge >= 0.3 is 5.97 Å². The zero-order valence-electron chi connectivity index (χ0n) is 11.4. The number of aliphatic carboxylic acids is 1. The normalized spacial score (nSPS) is 16.1. The van der Waals surface area contributed by atoms with Crippen molar-refractivity contribution < 1.29 is 19.5 Å². The molecule has 2 amide bonds. The number of amides is 2. The van der Waals surface area contributed by atoms with Gasteiger partial charge in [-0.15, -0.1) is 0 Å². The van der Waals surface area contributed by atoms with E-state index in [9.17, 15) is 14.4 Å². The number of hydrogen-bond donors (Lipinski definition) is 2. The summed E-state index contributed by atoms with van der Waals surface area (Å²) in [6.45, 7) is 5.43. The van der Waals surface area contributed by atoms with Crippen LogP contribution in [0.15, 0.2) is 5.10 Å². The number of rotatable bonds is 5. The van der Waals surface area contributed by atoms with E-state index in [0.717, 1.165) is 11.4 Å². The molecule has 0 aromatic carbocycles. The zero-order chi connectivity index (χ0) is 14.6. The SMILES string of the molecule is CCC(C)(C)NC(=O)CN1N=C(C(=O)O)CCC1=O. The Morgan fingerprint density at radius 2 is 2.05 bits per heavy atom. The molecule has 0 spiro atoms. The number of carboxylic acid groups (broad SMARTS) is 1. The second kappa shape index (κ2) is 5.81. The minimum Gasteiger partial charge on any atom is -0.477 e. The van der Waals surface area contributed by atoms with Crippen LogP contribution >= 0.6 is 0 Å². The van der Waals surface area contributed by atoms with Crippen molar-refractivity contribution in [3.05, 3.63) is 0 Å². The van der Waals surface area contributed by atoms with Crippen molar-refractivity contribution in [1.29, 1.82) is 0 Å². The average molecular weight is 269 g/mol. The Morgan fingerprint density at radius 3 is 2.58 bits per heavy atom. The zero-order valence-corrected chi connectivity index (χ0v) is 11.4. The fourth-order valence-corrected chi connectivity index (χ4v) is 1.52. The predicted octanol–water partition coefficient (Wildman–Crippen LogP) is 0.354. The first-order chi connectivity index (χ1) is 8.75. The fraction of sp³-hybridized carbons (Fsp3) is 0.667. The third-order valence-electron chi connectivity index (χ3n) is 3.01. The van der Waals surface area contributed by atoms with Gasteiger partial charge in [-0.3, -0.25) is 9.59 Å². The molecular formula is C12H19N3O4. The van der Waals surface area contributed by atoms with Crippen LogP contribution in [0.2, 0.25) is 0 Å². The largest absolute Gasteiger partial charge is 0.477 e. The highest BCUT2D eigenvalue weighted by Crippen LogP contribution is 2.10. The first-order valence-electron chi connectivity index (χ1n) is 6.17. The highest BCUT2D eigenvalue weighted by molar-refractivity contribution is 6.36. The molecule has 2 N–H and O–H groups in total. The number of carbonyl (C=O) groups is 3. The quantitative estimate of drug-likeness (QED) is 0.752. The lowest BCUT2D eigenvalue weighted by Gasteiger charge is -2.27. The minimum atomic E-state index is -1.16. The maximum absolute atomic E-state index is 11.8. The Hall–Kier alpha value is -1.92. The second-order valence-electron chi connectivity index (χ2n) is 5.09. The lowest BCUT2D eigenvalue weighted by molar-refractivity contribution is -0.137. The lowest BCUT2D eigenvalue weighted by Crippen LogP contribution is -2.48. The molecule has 0 saturated carbocycles. The summed E-state index contributed by atoms with van der Waals surface area (Å²) in [5, 5.41) is 16.2. The van der Waals surface area contributed by atoms with Gasteiger partial charge in [0.15, 0.2) is 0 Å². The third-order valence-corrected chi connectivity index (χ3v) is 3.01. The van der Waals surface area contributed by atoms with Gasteiger partial charge < -0.3 is 10.4 Å². The average Bonchev–Trinajstić information content (AvgIpc) is 2.31. The lowest BCUT2D eigenvalue weighted by atomic mass is 10.0. The molecule has 0 unspecified atom stereocenters. The van der Waals surface area contributed by atoms with Crippen molar-refractivity contribution in [2.24, 2.45) is 5.10 Å². The number of carboxylic acids is 1. The van der Waals surface area contributed by atoms with Gasteiger partial charge in [-0.05, 0) is 20.3 Å². The van der Waals surface area contributed by atoms with Gasteiger partial charge in [0.25, 0.3) is 0 Å². The first-order valence-corrected chi connectivity index (χ1v) is 6.17. The van der Waals surface area contributed by atoms with Gasteiger partial charge in [0, 0.05) is 18.4 Å². The van der Waals surface area contributed by atoms with Crippen LogP contribution in [0.5, 0.6) is 0 Å². The summed E-state index contributed by atoms with van der Waals surface area (Å²) >= 11 is 0. The highest BCUT2D eigenvalue weighted by Gasteiger charge is 2.27. The molecule has 0 aliphatic carbocycles. The fourth-order valence-electron chi connectivity index (χ4n) is 1.52. The van der Waals surface area contributed by atoms with Crippen LogP contribution in [0.25, 0.3) is 0 Å². The van der Waals surface area contributed by atoms with E-state index in [1.807, 2.05) is 20.8 Å². The Balaban J connectivity index is 2.69. The van der Waals surface area contributed by atoms with E-state index in [1.165, 1.54) is 0 Å². The number of hydrazone groups is 1. The summed E-state index contributed by atoms with van der Waals surface area (Å²) in [4.78, 5) is 34.2. The monoisotopic (exact) mass is 269 g/mol. The van der Waals surface area contributed by atoms with Crippen molar-refractivity contribution in [2.75, 3.05) is 6.54 Å². The molecule has 19 heavy (non-hydrogen) atoms. The second-order valence-corrected chi connectivity index (χ2v) is 5.09. The molecule has 0 aromatic rings. The summed E-state index contributed by atoms with van der Waals surface area (Å²) < 4.78 is 0. The maximum atomic E-state index is 11.8. The van der Waals surface area contributed by atoms with E-state index >= 15 is 0 Å². The van der Waals surface area contributed by atoms with E-state index in [2.05, 4.69) is 10.4 Å². The summed E-state index contributed by atoms with van der Waals surface area (Å²) in [5.41, 5.74) is -0.461. The van der Waals surface area contributed by atoms with Crippen LogP contribution in [-0.2, 0) is 14.4 Å². The number of hydrogen-bond acceptors (Lipinski definition) is 4. The smallest absolute Gasteiger partial charge is 0.352 e. The molecule has 1 aliphatic rings. The summed E-state index contributed by atoms with van der Waals surface area (Å²) in [5.74, 6) is -1.85. The molecule has 0 aromatic heterocycles. The molecule has 106 valence electrons. The van der Waals surface area contributed by atoms with Crippen molar-refractivity contribution in [3.63, 3.8) is 0 Å². The summed E-state index contributed by atoms with van der Waals surface area (Å²) in [7, 11) is 0. The van der Waals surface area contributed by atoms with Gasteiger partial charge in [0.1, 0.15) is 12.3 Å². The highest BCUT2D eigenvalue weighted by atomic mass is 16.4. The van der Waals surface area contributed by atoms with E-state index in [0.29, 0.717) is 0 Å². The standard InChI is InChI=1S/C12H19N3O4/c1-4-12(2,3)13-9(16)7-15-10(17)6-5-8(14-15)11(18)19/h4-7H2,1-3H3,(H,13,16)(H,18,19). The molecular weight excluding hydrogens is 250 g/mol. The molecule has 1 heterocycles. The van der Waals surface area contributed by atoms with Gasteiger partial charge in [-0.1, -0.05) is 6.92 Å². The van der Waals surface area contributed by atoms with Gasteiger partial charge in [0.05, 0.1) is 0 Å². The third kappa shape index (κ3) is 4.35. The minimum absolute atomic E-state index is 0.0651. The maximum Gasteiger partial charge on any atom is 0.352 e. The van der Waals surface area contributed by atoms with Crippen LogP contribution in [0.1, 0.15) is 40.0 Å². The van der Waals surface area contributed by atoms with Crippen molar-refractivity contribution in [3.8, 4) is 0 Å². The van der Waals surface area contributed by atoms with Gasteiger partial charge in [0.2, 0.25) is 11.8 Å². The van der Waals surface area contributed by atoms with E-state index in [-0.39, 0.29) is 42.5 Å². The molecule has 1 aliphatic heterocycles. The van der Waals surface area contributed by atoms with E-state index in [4.69, 9.17) is 5.11 Å². The number of carbonyl (C=O) groups excluding carboxylic acids is 2. The summed E-state index contributed by atoms with van der Waals surface area (Å²) in [6, 6.07) is 0. The van der Waals surface area contributed by atoms with Crippen LogP contribution in [0.3, 0.4) is 0 Å². The number of nitrogens with zero attached hydrogens (tertiary/aromatic N) is 2. The van der Waals surface area contributed by atoms with Crippen molar-refractivity contribution in [2.45, 2.75) is 45.6 Å². The molecule has 7 nitrogen and oxygen atoms in total. The number of nitrogens with one attached hydrogen (secondary N) is 1. The van der Waals surface area contributed by atoms with E-state index in [1.54, 1.807) is 0 Å². The summed E-state index contributed by atoms with van der Waals surface area (Å²) in [6.07, 6.45) is 0.915. The molecule has 0 bridgehead atoms. The first kappa shape index (κ1) is 15.1. The molecule has 0 radical (unpaired) electrons. The molecule has 7 heteroatoms. The van der Waals surface area contributed by atoms with Crippen molar-refractivity contribution in [1.82, 2.24) is 10.3 Å². The topological polar surface area (TPSA) is 99.1 Å². The van der Waals surface area contributed by atoms with Gasteiger partial charge in [-0.2, -0.15) is 5.10 Å². The molecule has 0 atom stereocenters. The van der Waals surface area contributed by atoms with Crippen LogP contribution in [0.4, 0.5) is 0 Å². The Kier molecular flexibility index (Phi) is 4.63. The van der Waals surface area contributed by atoms with Crippen LogP contribution in [-0.4, -0.2) is 45.7 Å². The molecule has 1 rings (SSSR count). The Labute approximate surface area is 111 Å². The van der Waals surface area contributed by atoms with Crippen LogP contribution in [0, 0.1) is 0 Å². The van der Waals surface area contributed by atoms with Crippen LogP contribution < -0.4 is 5.32 Å². The molecule has 0 fully saturated rings. The Bertz CT molecular complexity index is 429. The van der Waals surface area contributed by atoms with E-state index < -0.39 is 5.97 Å².